The minimum atomic E-state index is -3.41. The largest absolute Gasteiger partial charge is 0.477 e. The van der Waals surface area contributed by atoms with Gasteiger partial charge in [-0.1, -0.05) is 66.7 Å². The maximum absolute atomic E-state index is 13.0. The van der Waals surface area contributed by atoms with Gasteiger partial charge in [-0.2, -0.15) is 0 Å². The number of piperidine rings is 1. The van der Waals surface area contributed by atoms with Gasteiger partial charge in [0.1, 0.15) is 0 Å². The summed E-state index contributed by atoms with van der Waals surface area (Å²) in [7, 11) is -3.41. The highest BCUT2D eigenvalue weighted by molar-refractivity contribution is 9.10. The van der Waals surface area contributed by atoms with Crippen molar-refractivity contribution < 1.29 is 27.9 Å². The fourth-order valence-corrected chi connectivity index (χ4v) is 8.66. The Morgan fingerprint density at radius 1 is 1.07 bits per heavy atom. The van der Waals surface area contributed by atoms with Gasteiger partial charge in [-0.05, 0) is 64.5 Å². The van der Waals surface area contributed by atoms with E-state index in [4.69, 9.17) is 10.5 Å². The smallest absolute Gasteiger partial charge is 0.349 e. The number of nitrogens with one attached hydrogen (secondary N) is 1. The van der Waals surface area contributed by atoms with Crippen LogP contribution in [0, 0.1) is 6.92 Å². The number of hydrogen-bond acceptors (Lipinski definition) is 7. The van der Waals surface area contributed by atoms with Crippen molar-refractivity contribution in [2.24, 2.45) is 5.73 Å². The summed E-state index contributed by atoms with van der Waals surface area (Å²) in [5.74, 6) is -1.90. The molecule has 44 heavy (non-hydrogen) atoms. The summed E-state index contributed by atoms with van der Waals surface area (Å²) in [5.41, 5.74) is 9.37. The Kier molecular flexibility index (Phi) is 9.74. The van der Waals surface area contributed by atoms with E-state index in [-0.39, 0.29) is 22.4 Å². The lowest BCUT2D eigenvalue weighted by molar-refractivity contribution is -0.125. The van der Waals surface area contributed by atoms with Gasteiger partial charge in [0.05, 0.1) is 15.1 Å². The van der Waals surface area contributed by atoms with Crippen LogP contribution in [-0.2, 0) is 20.6 Å². The molecule has 0 spiro atoms. The maximum Gasteiger partial charge on any atom is 0.349 e. The number of thiophene rings is 1. The number of carbonyl (C=O) groups is 2. The van der Waals surface area contributed by atoms with Crippen LogP contribution < -0.4 is 15.8 Å². The average Bonchev–Trinajstić information content (AvgIpc) is 3.33. The lowest BCUT2D eigenvalue weighted by Crippen LogP contribution is -2.42. The molecule has 0 bridgehead atoms. The van der Waals surface area contributed by atoms with Gasteiger partial charge in [-0.3, -0.25) is 4.79 Å². The summed E-state index contributed by atoms with van der Waals surface area (Å²) in [4.78, 5) is 25.2. The number of carboxylic acid groups (broad SMARTS) is 1. The topological polar surface area (TPSA) is 139 Å². The van der Waals surface area contributed by atoms with Crippen LogP contribution >= 0.6 is 27.3 Å². The average molecular weight is 699 g/mol. The van der Waals surface area contributed by atoms with Crippen molar-refractivity contribution in [3.05, 3.63) is 105 Å². The Hall–Kier alpha value is -3.71. The number of sulfonamides is 1. The van der Waals surface area contributed by atoms with Crippen molar-refractivity contribution in [2.45, 2.75) is 37.7 Å². The molecule has 4 N–H and O–H groups in total. The molecule has 1 amide bonds. The van der Waals surface area contributed by atoms with E-state index in [0.29, 0.717) is 40.8 Å². The van der Waals surface area contributed by atoms with E-state index >= 15 is 0 Å². The Bertz CT molecular complexity index is 1770. The number of primary amides is 1. The van der Waals surface area contributed by atoms with E-state index in [0.717, 1.165) is 33.7 Å². The number of carbonyl (C=O) groups excluding carboxylic acids is 1. The summed E-state index contributed by atoms with van der Waals surface area (Å²) in [5, 5.41) is 13.5. The van der Waals surface area contributed by atoms with E-state index in [1.165, 1.54) is 0 Å². The molecule has 2 heterocycles. The molecule has 12 heteroatoms. The van der Waals surface area contributed by atoms with E-state index in [1.54, 1.807) is 16.4 Å². The zero-order valence-corrected chi connectivity index (χ0v) is 27.1. The minimum Gasteiger partial charge on any atom is -0.477 e. The van der Waals surface area contributed by atoms with Crippen molar-refractivity contribution in [2.75, 3.05) is 18.4 Å². The summed E-state index contributed by atoms with van der Waals surface area (Å²) >= 11 is 4.57. The maximum atomic E-state index is 13.0. The molecule has 1 aliphatic heterocycles. The highest BCUT2D eigenvalue weighted by Gasteiger charge is 2.31. The summed E-state index contributed by atoms with van der Waals surface area (Å²) in [6.45, 7) is 2.67. The second-order valence-electron chi connectivity index (χ2n) is 10.6. The normalized spacial score (nSPS) is 15.0. The number of nitrogens with two attached hydrogens (primary N) is 1. The molecule has 1 unspecified atom stereocenters. The van der Waals surface area contributed by atoms with Gasteiger partial charge in [-0.15, -0.1) is 11.3 Å². The summed E-state index contributed by atoms with van der Waals surface area (Å²) in [6, 6.07) is 24.0. The molecule has 1 aromatic heterocycles. The molecular formula is C32H32BrN3O6S2. The quantitative estimate of drug-likeness (QED) is 0.170. The second-order valence-corrected chi connectivity index (χ2v) is 14.4. The highest BCUT2D eigenvalue weighted by Crippen LogP contribution is 2.47. The van der Waals surface area contributed by atoms with Crippen LogP contribution in [0.1, 0.15) is 45.3 Å². The number of anilines is 1. The van der Waals surface area contributed by atoms with E-state index < -0.39 is 28.0 Å². The van der Waals surface area contributed by atoms with Crippen LogP contribution in [0.2, 0.25) is 0 Å². The molecule has 0 radical (unpaired) electrons. The second kappa shape index (κ2) is 13.5. The fourth-order valence-electron chi connectivity index (χ4n) is 5.24. The molecule has 230 valence electrons. The highest BCUT2D eigenvalue weighted by atomic mass is 79.9. The van der Waals surface area contributed by atoms with Crippen LogP contribution in [0.25, 0.3) is 10.4 Å². The molecule has 9 nitrogen and oxygen atoms in total. The number of ether oxygens (including phenoxy) is 1. The Labute approximate surface area is 268 Å². The first-order valence-electron chi connectivity index (χ1n) is 14.0. The first-order valence-corrected chi connectivity index (χ1v) is 17.2. The van der Waals surface area contributed by atoms with E-state index in [9.17, 15) is 23.1 Å². The molecular weight excluding hydrogens is 666 g/mol. The third-order valence-corrected chi connectivity index (χ3v) is 11.6. The van der Waals surface area contributed by atoms with Crippen LogP contribution in [0.4, 0.5) is 5.69 Å². The summed E-state index contributed by atoms with van der Waals surface area (Å²) in [6.07, 6.45) is 0.119. The predicted molar refractivity (Wildman–Crippen MR) is 175 cm³/mol. The number of rotatable bonds is 11. The van der Waals surface area contributed by atoms with Gasteiger partial charge in [-0.25, -0.2) is 17.5 Å². The van der Waals surface area contributed by atoms with Crippen molar-refractivity contribution in [1.82, 2.24) is 4.31 Å². The Morgan fingerprint density at radius 2 is 1.75 bits per heavy atom. The van der Waals surface area contributed by atoms with Gasteiger partial charge >= 0.3 is 5.97 Å². The SMILES string of the molecule is Cc1ccccc1C(Oc1c(C(=O)O)sc(-c2cccc(NC3CCN(S(=O)(=O)Cc4ccccc4)CC3)c2)c1Br)C(N)=O. The van der Waals surface area contributed by atoms with Crippen LogP contribution in [0.5, 0.6) is 5.75 Å². The molecule has 1 atom stereocenters. The molecule has 4 aromatic rings. The van der Waals surface area contributed by atoms with Crippen LogP contribution in [-0.4, -0.2) is 48.8 Å². The number of amides is 1. The molecule has 3 aromatic carbocycles. The third-order valence-electron chi connectivity index (χ3n) is 7.50. The lowest BCUT2D eigenvalue weighted by atomic mass is 10.0. The number of hydrogen-bond donors (Lipinski definition) is 3. The number of aryl methyl sites for hydroxylation is 1. The van der Waals surface area contributed by atoms with Crippen molar-refractivity contribution in [3.63, 3.8) is 0 Å². The number of nitrogens with zero attached hydrogens (tertiary/aromatic N) is 1. The van der Waals surface area contributed by atoms with E-state index in [2.05, 4.69) is 21.2 Å². The first-order chi connectivity index (χ1) is 21.0. The Balaban J connectivity index is 1.31. The number of carboxylic acids is 1. The third kappa shape index (κ3) is 7.15. The van der Waals surface area contributed by atoms with Crippen molar-refractivity contribution >= 4 is 54.9 Å². The van der Waals surface area contributed by atoms with Gasteiger partial charge in [0, 0.05) is 30.4 Å². The van der Waals surface area contributed by atoms with Gasteiger partial charge in [0.2, 0.25) is 16.1 Å². The van der Waals surface area contributed by atoms with Crippen molar-refractivity contribution in [1.29, 1.82) is 0 Å². The predicted octanol–water partition coefficient (Wildman–Crippen LogP) is 6.20. The number of aromatic carboxylic acids is 1. The van der Waals surface area contributed by atoms with Gasteiger partial charge in [0.15, 0.2) is 10.6 Å². The molecule has 0 saturated carbocycles. The molecule has 1 aliphatic rings. The zero-order valence-electron chi connectivity index (χ0n) is 23.9. The van der Waals surface area contributed by atoms with Gasteiger partial charge in [0.25, 0.3) is 5.91 Å². The van der Waals surface area contributed by atoms with Gasteiger partial charge < -0.3 is 20.9 Å². The Morgan fingerprint density at radius 3 is 2.41 bits per heavy atom. The minimum absolute atomic E-state index is 0.0150. The molecule has 0 aliphatic carbocycles. The summed E-state index contributed by atoms with van der Waals surface area (Å²) < 4.78 is 33.9. The molecule has 1 saturated heterocycles. The molecule has 5 rings (SSSR count). The lowest BCUT2D eigenvalue weighted by Gasteiger charge is -2.32. The van der Waals surface area contributed by atoms with E-state index in [1.807, 2.05) is 73.7 Å². The van der Waals surface area contributed by atoms with Crippen LogP contribution in [0.3, 0.4) is 0 Å². The molecule has 1 fully saturated rings. The zero-order chi connectivity index (χ0) is 31.4. The standard InChI is InChI=1S/C32H32BrN3O6S2/c1-20-8-5-6-13-25(20)27(31(34)37)42-28-26(33)29(43-30(28)32(38)39)22-11-7-12-24(18-22)35-23-14-16-36(17-15-23)44(40,41)19-21-9-3-2-4-10-21/h2-13,18,23,27,35H,14-17,19H2,1H3,(H2,34,37)(H,38,39). The number of benzene rings is 3. The first kappa shape index (κ1) is 31.7. The fraction of sp³-hybridized carbons (Fsp3) is 0.250. The number of halogens is 1. The van der Waals surface area contributed by atoms with Crippen molar-refractivity contribution in [3.8, 4) is 16.2 Å². The monoisotopic (exact) mass is 697 g/mol. The van der Waals surface area contributed by atoms with Crippen LogP contribution in [0.15, 0.2) is 83.3 Å².